The van der Waals surface area contributed by atoms with Gasteiger partial charge in [0.1, 0.15) is 0 Å². The minimum absolute atomic E-state index is 0.528. The summed E-state index contributed by atoms with van der Waals surface area (Å²) in [7, 11) is 0. The predicted molar refractivity (Wildman–Crippen MR) is 37.5 cm³/mol. The fourth-order valence-electron chi connectivity index (χ4n) is 0.798. The molecule has 66 valence electrons. The normalized spacial score (nSPS) is 14.3. The van der Waals surface area contributed by atoms with Gasteiger partial charge >= 0.3 is 5.92 Å². The third kappa shape index (κ3) is 1.58. The minimum Gasteiger partial charge on any atom is -0.359 e. The lowest BCUT2D eigenvalue weighted by Crippen LogP contribution is -2.26. The molecule has 0 fully saturated rings. The molecule has 0 saturated carbocycles. The number of hydrogen-bond donors (Lipinski definition) is 1. The topological polar surface area (TPSA) is 20.2 Å². The highest BCUT2D eigenvalue weighted by Crippen LogP contribution is 2.31. The fraction of sp³-hybridized carbons (Fsp3) is 0.250. The molecular formula is C8H7F3O. The zero-order valence-electron chi connectivity index (χ0n) is 6.05. The Morgan fingerprint density at radius 2 is 1.67 bits per heavy atom. The first kappa shape index (κ1) is 9.06. The van der Waals surface area contributed by atoms with Crippen LogP contribution in [0, 0.1) is 0 Å². The number of rotatable bonds is 2. The van der Waals surface area contributed by atoms with E-state index in [-0.39, 0.29) is 0 Å². The molecule has 0 radical (unpaired) electrons. The van der Waals surface area contributed by atoms with Crippen molar-refractivity contribution in [2.24, 2.45) is 0 Å². The summed E-state index contributed by atoms with van der Waals surface area (Å²) in [5.74, 6) is -3.82. The molecule has 0 bridgehead atoms. The van der Waals surface area contributed by atoms with Crippen LogP contribution in [0.5, 0.6) is 0 Å². The van der Waals surface area contributed by atoms with E-state index in [4.69, 9.17) is 5.11 Å². The molecule has 1 aromatic rings. The van der Waals surface area contributed by atoms with E-state index >= 15 is 0 Å². The van der Waals surface area contributed by atoms with Crippen molar-refractivity contribution in [3.63, 3.8) is 0 Å². The highest BCUT2D eigenvalue weighted by atomic mass is 19.3. The molecular weight excluding hydrogens is 169 g/mol. The molecule has 0 aliphatic heterocycles. The highest BCUT2D eigenvalue weighted by Gasteiger charge is 2.40. The van der Waals surface area contributed by atoms with Crippen molar-refractivity contribution in [2.45, 2.75) is 12.3 Å². The summed E-state index contributed by atoms with van der Waals surface area (Å²) in [6.07, 6.45) is -3.15. The van der Waals surface area contributed by atoms with Gasteiger partial charge in [-0.3, -0.25) is 0 Å². The molecule has 1 unspecified atom stereocenters. The predicted octanol–water partition coefficient (Wildman–Crippen LogP) is 2.07. The number of aliphatic hydroxyl groups is 1. The van der Waals surface area contributed by atoms with Gasteiger partial charge < -0.3 is 5.11 Å². The SMILES string of the molecule is OC(F)C(F)(F)c1ccccc1. The summed E-state index contributed by atoms with van der Waals surface area (Å²) in [6.45, 7) is 0. The van der Waals surface area contributed by atoms with Crippen LogP contribution < -0.4 is 0 Å². The second kappa shape index (κ2) is 3.15. The Labute approximate surface area is 67.5 Å². The largest absolute Gasteiger partial charge is 0.359 e. The summed E-state index contributed by atoms with van der Waals surface area (Å²) in [6, 6.07) is 6.35. The molecule has 1 atom stereocenters. The van der Waals surface area contributed by atoms with Gasteiger partial charge in [-0.25, -0.2) is 4.39 Å². The summed E-state index contributed by atoms with van der Waals surface area (Å²) in [4.78, 5) is 0. The first-order valence-electron chi connectivity index (χ1n) is 3.30. The first-order valence-corrected chi connectivity index (χ1v) is 3.30. The molecule has 0 heterocycles. The zero-order valence-corrected chi connectivity index (χ0v) is 6.05. The Morgan fingerprint density at radius 1 is 1.17 bits per heavy atom. The van der Waals surface area contributed by atoms with E-state index < -0.39 is 17.8 Å². The van der Waals surface area contributed by atoms with Crippen LogP contribution in [0.2, 0.25) is 0 Å². The van der Waals surface area contributed by atoms with Gasteiger partial charge in [-0.05, 0) is 0 Å². The lowest BCUT2D eigenvalue weighted by atomic mass is 10.1. The lowest BCUT2D eigenvalue weighted by molar-refractivity contribution is -0.174. The number of alkyl halides is 3. The first-order chi connectivity index (χ1) is 5.55. The average molecular weight is 176 g/mol. The molecule has 1 rings (SSSR count). The molecule has 0 aliphatic carbocycles. The molecule has 4 heteroatoms. The van der Waals surface area contributed by atoms with Crippen LogP contribution in [-0.4, -0.2) is 11.5 Å². The van der Waals surface area contributed by atoms with Crippen molar-refractivity contribution < 1.29 is 18.3 Å². The van der Waals surface area contributed by atoms with Gasteiger partial charge in [0, 0.05) is 5.56 Å². The van der Waals surface area contributed by atoms with Crippen LogP contribution in [0.1, 0.15) is 5.56 Å². The van der Waals surface area contributed by atoms with Gasteiger partial charge in [0.2, 0.25) is 0 Å². The second-order valence-corrected chi connectivity index (χ2v) is 2.32. The fourth-order valence-corrected chi connectivity index (χ4v) is 0.798. The Morgan fingerprint density at radius 3 is 2.08 bits per heavy atom. The lowest BCUT2D eigenvalue weighted by Gasteiger charge is -2.16. The third-order valence-corrected chi connectivity index (χ3v) is 1.46. The number of aliphatic hydroxyl groups excluding tert-OH is 1. The Bertz CT molecular complexity index is 246. The van der Waals surface area contributed by atoms with E-state index in [0.717, 1.165) is 12.1 Å². The quantitative estimate of drug-likeness (QED) is 0.731. The minimum atomic E-state index is -3.82. The van der Waals surface area contributed by atoms with Crippen molar-refractivity contribution in [1.29, 1.82) is 0 Å². The molecule has 1 nitrogen and oxygen atoms in total. The van der Waals surface area contributed by atoms with E-state index in [2.05, 4.69) is 0 Å². The van der Waals surface area contributed by atoms with Gasteiger partial charge in [-0.1, -0.05) is 30.3 Å². The van der Waals surface area contributed by atoms with Crippen LogP contribution >= 0.6 is 0 Å². The summed E-state index contributed by atoms with van der Waals surface area (Å²) in [5, 5.41) is 8.12. The van der Waals surface area contributed by atoms with Gasteiger partial charge in [0.05, 0.1) is 0 Å². The van der Waals surface area contributed by atoms with Crippen LogP contribution in [-0.2, 0) is 5.92 Å². The molecule has 1 aromatic carbocycles. The average Bonchev–Trinajstić information content (AvgIpc) is 2.06. The molecule has 12 heavy (non-hydrogen) atoms. The maximum absolute atomic E-state index is 12.7. The Balaban J connectivity index is 2.98. The molecule has 0 aromatic heterocycles. The van der Waals surface area contributed by atoms with E-state index in [1.165, 1.54) is 18.2 Å². The smallest absolute Gasteiger partial charge is 0.327 e. The molecule has 0 spiro atoms. The van der Waals surface area contributed by atoms with E-state index in [1.807, 2.05) is 0 Å². The van der Waals surface area contributed by atoms with Gasteiger partial charge in [0.15, 0.2) is 0 Å². The highest BCUT2D eigenvalue weighted by molar-refractivity contribution is 5.20. The summed E-state index contributed by atoms with van der Waals surface area (Å²) < 4.78 is 37.3. The van der Waals surface area contributed by atoms with E-state index in [1.54, 1.807) is 0 Å². The molecule has 0 aliphatic rings. The maximum Gasteiger partial charge on any atom is 0.327 e. The van der Waals surface area contributed by atoms with Crippen LogP contribution in [0.25, 0.3) is 0 Å². The monoisotopic (exact) mass is 176 g/mol. The van der Waals surface area contributed by atoms with E-state index in [0.29, 0.717) is 0 Å². The second-order valence-electron chi connectivity index (χ2n) is 2.32. The van der Waals surface area contributed by atoms with Crippen molar-refractivity contribution in [3.05, 3.63) is 35.9 Å². The maximum atomic E-state index is 12.7. The third-order valence-electron chi connectivity index (χ3n) is 1.46. The molecule has 0 amide bonds. The Kier molecular flexibility index (Phi) is 2.38. The van der Waals surface area contributed by atoms with Crippen molar-refractivity contribution in [2.75, 3.05) is 0 Å². The zero-order chi connectivity index (χ0) is 9.19. The number of benzene rings is 1. The van der Waals surface area contributed by atoms with Crippen molar-refractivity contribution in [1.82, 2.24) is 0 Å². The van der Waals surface area contributed by atoms with Crippen molar-refractivity contribution in [3.8, 4) is 0 Å². The summed E-state index contributed by atoms with van der Waals surface area (Å²) in [5.41, 5.74) is -0.528. The molecule has 1 N–H and O–H groups in total. The molecule has 0 saturated heterocycles. The number of halogens is 3. The van der Waals surface area contributed by atoms with Gasteiger partial charge in [-0.15, -0.1) is 0 Å². The van der Waals surface area contributed by atoms with Crippen LogP contribution in [0.3, 0.4) is 0 Å². The van der Waals surface area contributed by atoms with Crippen LogP contribution in [0.4, 0.5) is 13.2 Å². The number of hydrogen-bond acceptors (Lipinski definition) is 1. The van der Waals surface area contributed by atoms with Crippen LogP contribution in [0.15, 0.2) is 30.3 Å². The van der Waals surface area contributed by atoms with E-state index in [9.17, 15) is 13.2 Å². The summed E-state index contributed by atoms with van der Waals surface area (Å²) >= 11 is 0. The van der Waals surface area contributed by atoms with Gasteiger partial charge in [-0.2, -0.15) is 8.78 Å². The standard InChI is InChI=1S/C8H7F3O/c9-7(12)8(10,11)6-4-2-1-3-5-6/h1-5,7,12H. The van der Waals surface area contributed by atoms with Crippen molar-refractivity contribution >= 4 is 0 Å². The Hall–Kier alpha value is -1.03. The van der Waals surface area contributed by atoms with Gasteiger partial charge in [0.25, 0.3) is 6.36 Å².